The Balaban J connectivity index is 1.53. The van der Waals surface area contributed by atoms with Crippen LogP contribution in [0.4, 0.5) is 5.82 Å². The van der Waals surface area contributed by atoms with Crippen LogP contribution in [0, 0.1) is 6.92 Å². The van der Waals surface area contributed by atoms with Crippen LogP contribution < -0.4 is 16.8 Å². The first-order valence-corrected chi connectivity index (χ1v) is 10.5. The van der Waals surface area contributed by atoms with Crippen LogP contribution in [0.2, 0.25) is 5.02 Å². The van der Waals surface area contributed by atoms with E-state index in [1.807, 2.05) is 37.3 Å². The highest BCUT2D eigenvalue weighted by atomic mass is 35.5. The van der Waals surface area contributed by atoms with Crippen LogP contribution in [-0.4, -0.2) is 20.9 Å². The van der Waals surface area contributed by atoms with Crippen molar-refractivity contribution in [3.63, 3.8) is 0 Å². The Bertz CT molecular complexity index is 1310. The molecule has 7 nitrogen and oxygen atoms in total. The van der Waals surface area contributed by atoms with Crippen LogP contribution in [0.25, 0.3) is 10.9 Å². The fourth-order valence-corrected chi connectivity index (χ4v) is 3.75. The molecule has 0 spiro atoms. The highest BCUT2D eigenvalue weighted by molar-refractivity contribution is 6.31. The number of halogens is 1. The molecule has 3 heterocycles. The molecule has 0 aliphatic carbocycles. The van der Waals surface area contributed by atoms with E-state index >= 15 is 0 Å². The molecular formula is C24H23ClN6O. The normalized spacial score (nSPS) is 11.0. The highest BCUT2D eigenvalue weighted by Gasteiger charge is 2.12. The molecule has 0 bridgehead atoms. The van der Waals surface area contributed by atoms with Crippen molar-refractivity contribution < 1.29 is 4.79 Å². The minimum absolute atomic E-state index is 0.201. The Labute approximate surface area is 190 Å². The van der Waals surface area contributed by atoms with E-state index in [0.29, 0.717) is 47.3 Å². The summed E-state index contributed by atoms with van der Waals surface area (Å²) in [5, 5.41) is 4.40. The second-order valence-electron chi connectivity index (χ2n) is 7.49. The number of nitrogens with zero attached hydrogens (tertiary/aromatic N) is 3. The molecule has 1 aromatic carbocycles. The third kappa shape index (κ3) is 4.69. The zero-order valence-corrected chi connectivity index (χ0v) is 18.4. The molecule has 3 aromatic heterocycles. The van der Waals surface area contributed by atoms with Crippen LogP contribution in [0.5, 0.6) is 0 Å². The van der Waals surface area contributed by atoms with E-state index in [0.717, 1.165) is 27.7 Å². The highest BCUT2D eigenvalue weighted by Crippen LogP contribution is 2.25. The standard InChI is InChI=1S/C24H23ClN6O/c1-14-18(5-6-22(27)30-14)13-29-24(32)16-7-8-28-19(9-16)11-21-20(25)10-15-3-2-4-17(12-26)23(15)31-21/h2-10H,11-13,26H2,1H3,(H2,27,30)(H,29,32). The predicted octanol–water partition coefficient (Wildman–Crippen LogP) is 3.55. The Hall–Kier alpha value is -3.55. The first kappa shape index (κ1) is 21.7. The number of anilines is 1. The molecular weight excluding hydrogens is 424 g/mol. The summed E-state index contributed by atoms with van der Waals surface area (Å²) < 4.78 is 0. The fourth-order valence-electron chi connectivity index (χ4n) is 3.52. The van der Waals surface area contributed by atoms with Crippen molar-refractivity contribution in [3.05, 3.63) is 93.5 Å². The van der Waals surface area contributed by atoms with Crippen molar-refractivity contribution in [3.8, 4) is 0 Å². The first-order chi connectivity index (χ1) is 15.4. The van der Waals surface area contributed by atoms with Crippen LogP contribution >= 0.6 is 11.6 Å². The summed E-state index contributed by atoms with van der Waals surface area (Å²) in [5.41, 5.74) is 16.9. The molecule has 0 saturated heterocycles. The molecule has 0 aliphatic rings. The number of carbonyl (C=O) groups is 1. The van der Waals surface area contributed by atoms with Crippen molar-refractivity contribution in [2.75, 3.05) is 5.73 Å². The van der Waals surface area contributed by atoms with Gasteiger partial charge in [-0.3, -0.25) is 14.8 Å². The molecule has 8 heteroatoms. The summed E-state index contributed by atoms with van der Waals surface area (Å²) in [4.78, 5) is 26.0. The van der Waals surface area contributed by atoms with E-state index in [4.69, 9.17) is 28.1 Å². The molecule has 0 atom stereocenters. The summed E-state index contributed by atoms with van der Waals surface area (Å²) >= 11 is 6.48. The SMILES string of the molecule is Cc1nc(N)ccc1CNC(=O)c1ccnc(Cc2nc3c(CN)cccc3cc2Cl)c1. The molecule has 4 aromatic rings. The van der Waals surface area contributed by atoms with Crippen LogP contribution in [0.3, 0.4) is 0 Å². The van der Waals surface area contributed by atoms with E-state index in [2.05, 4.69) is 15.3 Å². The number of aryl methyl sites for hydroxylation is 1. The maximum atomic E-state index is 12.7. The molecule has 5 N–H and O–H groups in total. The lowest BCUT2D eigenvalue weighted by Crippen LogP contribution is -2.23. The molecule has 32 heavy (non-hydrogen) atoms. The van der Waals surface area contributed by atoms with Crippen LogP contribution in [0.15, 0.2) is 54.7 Å². The maximum Gasteiger partial charge on any atom is 0.251 e. The summed E-state index contributed by atoms with van der Waals surface area (Å²) in [6.45, 7) is 2.61. The number of hydrogen-bond donors (Lipinski definition) is 3. The number of nitrogen functional groups attached to an aromatic ring is 1. The van der Waals surface area contributed by atoms with Gasteiger partial charge < -0.3 is 16.8 Å². The lowest BCUT2D eigenvalue weighted by Gasteiger charge is -2.10. The van der Waals surface area contributed by atoms with E-state index < -0.39 is 0 Å². The van der Waals surface area contributed by atoms with E-state index in [1.54, 1.807) is 24.4 Å². The average molecular weight is 447 g/mol. The van der Waals surface area contributed by atoms with Crippen LogP contribution in [0.1, 0.15) is 38.6 Å². The van der Waals surface area contributed by atoms with E-state index in [1.165, 1.54) is 0 Å². The number of hydrogen-bond acceptors (Lipinski definition) is 6. The number of nitrogens with two attached hydrogens (primary N) is 2. The molecule has 0 fully saturated rings. The molecule has 1 amide bonds. The van der Waals surface area contributed by atoms with Crippen LogP contribution in [-0.2, 0) is 19.5 Å². The van der Waals surface area contributed by atoms with Crippen molar-refractivity contribution in [2.45, 2.75) is 26.4 Å². The number of para-hydroxylation sites is 1. The topological polar surface area (TPSA) is 120 Å². The number of nitrogens with one attached hydrogen (secondary N) is 1. The number of fused-ring (bicyclic) bond motifs is 1. The van der Waals surface area contributed by atoms with Gasteiger partial charge in [0.25, 0.3) is 5.91 Å². The van der Waals surface area contributed by atoms with Gasteiger partial charge in [-0.15, -0.1) is 0 Å². The summed E-state index contributed by atoms with van der Waals surface area (Å²) in [5.74, 6) is 0.253. The molecule has 0 saturated carbocycles. The zero-order chi connectivity index (χ0) is 22.7. The van der Waals surface area contributed by atoms with E-state index in [-0.39, 0.29) is 5.91 Å². The van der Waals surface area contributed by atoms with Crippen molar-refractivity contribution in [2.24, 2.45) is 5.73 Å². The predicted molar refractivity (Wildman–Crippen MR) is 126 cm³/mol. The largest absolute Gasteiger partial charge is 0.384 e. The van der Waals surface area contributed by atoms with Crippen molar-refractivity contribution in [1.82, 2.24) is 20.3 Å². The zero-order valence-electron chi connectivity index (χ0n) is 17.6. The quantitative estimate of drug-likeness (QED) is 0.416. The van der Waals surface area contributed by atoms with Gasteiger partial charge in [-0.25, -0.2) is 4.98 Å². The number of carbonyl (C=O) groups excluding carboxylic acids is 1. The smallest absolute Gasteiger partial charge is 0.251 e. The molecule has 162 valence electrons. The Morgan fingerprint density at radius 1 is 1.09 bits per heavy atom. The maximum absolute atomic E-state index is 12.7. The minimum Gasteiger partial charge on any atom is -0.384 e. The Morgan fingerprint density at radius 2 is 1.94 bits per heavy atom. The number of pyridine rings is 3. The Morgan fingerprint density at radius 3 is 2.72 bits per heavy atom. The van der Waals surface area contributed by atoms with Gasteiger partial charge in [0, 0.05) is 48.0 Å². The van der Waals surface area contributed by atoms with Gasteiger partial charge in [0.15, 0.2) is 0 Å². The number of benzene rings is 1. The summed E-state index contributed by atoms with van der Waals surface area (Å²) in [6.07, 6.45) is 2.01. The number of aromatic nitrogens is 3. The van der Waals surface area contributed by atoms with Gasteiger partial charge >= 0.3 is 0 Å². The van der Waals surface area contributed by atoms with Gasteiger partial charge in [0.2, 0.25) is 0 Å². The fraction of sp³-hybridized carbons (Fsp3) is 0.167. The molecule has 0 aliphatic heterocycles. The molecule has 0 radical (unpaired) electrons. The van der Waals surface area contributed by atoms with Gasteiger partial charge in [-0.1, -0.05) is 35.9 Å². The summed E-state index contributed by atoms with van der Waals surface area (Å²) in [6, 6.07) is 14.7. The van der Waals surface area contributed by atoms with Gasteiger partial charge in [-0.2, -0.15) is 0 Å². The second kappa shape index (κ2) is 9.30. The number of amides is 1. The third-order valence-corrected chi connectivity index (χ3v) is 5.59. The van der Waals surface area contributed by atoms with E-state index in [9.17, 15) is 4.79 Å². The van der Waals surface area contributed by atoms with Gasteiger partial charge in [0.05, 0.1) is 16.2 Å². The van der Waals surface area contributed by atoms with Crippen molar-refractivity contribution in [1.29, 1.82) is 0 Å². The number of rotatable bonds is 6. The van der Waals surface area contributed by atoms with Gasteiger partial charge in [-0.05, 0) is 42.3 Å². The second-order valence-corrected chi connectivity index (χ2v) is 7.89. The lowest BCUT2D eigenvalue weighted by atomic mass is 10.1. The lowest BCUT2D eigenvalue weighted by molar-refractivity contribution is 0.0950. The monoisotopic (exact) mass is 446 g/mol. The minimum atomic E-state index is -0.201. The third-order valence-electron chi connectivity index (χ3n) is 5.26. The Kier molecular flexibility index (Phi) is 6.30. The molecule has 4 rings (SSSR count). The van der Waals surface area contributed by atoms with Crippen molar-refractivity contribution >= 4 is 34.2 Å². The summed E-state index contributed by atoms with van der Waals surface area (Å²) in [7, 11) is 0. The average Bonchev–Trinajstić information content (AvgIpc) is 2.78. The first-order valence-electron chi connectivity index (χ1n) is 10.2. The van der Waals surface area contributed by atoms with Gasteiger partial charge in [0.1, 0.15) is 5.82 Å². The molecule has 0 unspecified atom stereocenters.